The van der Waals surface area contributed by atoms with Gasteiger partial charge in [-0.15, -0.1) is 0 Å². The van der Waals surface area contributed by atoms with E-state index in [0.717, 1.165) is 17.7 Å². The Morgan fingerprint density at radius 1 is 1.05 bits per heavy atom. The van der Waals surface area contributed by atoms with Crippen molar-refractivity contribution in [3.8, 4) is 0 Å². The van der Waals surface area contributed by atoms with Crippen molar-refractivity contribution in [1.82, 2.24) is 9.97 Å². The van der Waals surface area contributed by atoms with Gasteiger partial charge in [-0.05, 0) is 5.56 Å². The minimum absolute atomic E-state index is 0.398. The van der Waals surface area contributed by atoms with Gasteiger partial charge in [0.25, 0.3) is 0 Å². The molecule has 2 N–H and O–H groups in total. The molecule has 0 fully saturated rings. The first-order chi connectivity index (χ1) is 9.22. The molecule has 0 saturated heterocycles. The lowest BCUT2D eigenvalue weighted by Crippen LogP contribution is -2.00. The summed E-state index contributed by atoms with van der Waals surface area (Å²) in [5.41, 5.74) is 1.96. The Labute approximate surface area is 108 Å². The minimum atomic E-state index is -0.895. The topological polar surface area (TPSA) is 40.7 Å². The molecule has 0 amide bonds. The normalized spacial score (nSPS) is 10.8. The third kappa shape index (κ3) is 2.40. The number of hydrogen-bond acceptors (Lipinski definition) is 2. The highest BCUT2D eigenvalue weighted by atomic mass is 19.2. The van der Waals surface area contributed by atoms with Crippen LogP contribution in [-0.2, 0) is 6.54 Å². The van der Waals surface area contributed by atoms with E-state index < -0.39 is 11.6 Å². The van der Waals surface area contributed by atoms with Gasteiger partial charge in [0.2, 0.25) is 5.95 Å². The number of aromatic nitrogens is 2. The number of aromatic amines is 1. The van der Waals surface area contributed by atoms with E-state index in [4.69, 9.17) is 0 Å². The molecule has 2 aromatic carbocycles. The monoisotopic (exact) mass is 259 g/mol. The summed E-state index contributed by atoms with van der Waals surface area (Å²) >= 11 is 0. The van der Waals surface area contributed by atoms with Crippen molar-refractivity contribution in [1.29, 1.82) is 0 Å². The summed E-state index contributed by atoms with van der Waals surface area (Å²) in [4.78, 5) is 7.06. The van der Waals surface area contributed by atoms with Crippen LogP contribution in [-0.4, -0.2) is 9.97 Å². The van der Waals surface area contributed by atoms with Gasteiger partial charge in [-0.2, -0.15) is 0 Å². The Kier molecular flexibility index (Phi) is 2.87. The SMILES string of the molecule is Fc1cc2nc(NCc3ccccc3)[nH]c2cc1F. The predicted molar refractivity (Wildman–Crippen MR) is 69.8 cm³/mol. The van der Waals surface area contributed by atoms with Crippen molar-refractivity contribution in [2.24, 2.45) is 0 Å². The van der Waals surface area contributed by atoms with Crippen LogP contribution in [0.15, 0.2) is 42.5 Å². The quantitative estimate of drug-likeness (QED) is 0.756. The van der Waals surface area contributed by atoms with Crippen LogP contribution in [0.3, 0.4) is 0 Å². The van der Waals surface area contributed by atoms with Gasteiger partial charge in [0, 0.05) is 18.7 Å². The highest BCUT2D eigenvalue weighted by Gasteiger charge is 2.08. The van der Waals surface area contributed by atoms with Gasteiger partial charge in [-0.1, -0.05) is 30.3 Å². The third-order valence-electron chi connectivity index (χ3n) is 2.83. The van der Waals surface area contributed by atoms with E-state index >= 15 is 0 Å². The summed E-state index contributed by atoms with van der Waals surface area (Å²) in [6.45, 7) is 0.589. The Bertz CT molecular complexity index is 668. The summed E-state index contributed by atoms with van der Waals surface area (Å²) in [6, 6.07) is 12.0. The number of benzene rings is 2. The predicted octanol–water partition coefficient (Wildman–Crippen LogP) is 3.45. The van der Waals surface area contributed by atoms with Gasteiger partial charge in [0.1, 0.15) is 0 Å². The van der Waals surface area contributed by atoms with Crippen LogP contribution in [0.4, 0.5) is 14.7 Å². The smallest absolute Gasteiger partial charge is 0.201 e. The second kappa shape index (κ2) is 4.68. The summed E-state index contributed by atoms with van der Waals surface area (Å²) in [7, 11) is 0. The molecule has 0 aliphatic heterocycles. The second-order valence-corrected chi connectivity index (χ2v) is 4.21. The average Bonchev–Trinajstić information content (AvgIpc) is 2.80. The fourth-order valence-corrected chi connectivity index (χ4v) is 1.87. The molecule has 3 aromatic rings. The summed E-state index contributed by atoms with van der Waals surface area (Å²) < 4.78 is 26.1. The molecule has 0 bridgehead atoms. The van der Waals surface area contributed by atoms with E-state index in [9.17, 15) is 8.78 Å². The maximum atomic E-state index is 13.1. The zero-order chi connectivity index (χ0) is 13.2. The molecule has 3 nitrogen and oxygen atoms in total. The molecule has 0 aliphatic rings. The molecule has 96 valence electrons. The van der Waals surface area contributed by atoms with Crippen LogP contribution in [0, 0.1) is 11.6 Å². The average molecular weight is 259 g/mol. The van der Waals surface area contributed by atoms with Crippen LogP contribution in [0.2, 0.25) is 0 Å². The van der Waals surface area contributed by atoms with Crippen molar-refractivity contribution in [2.45, 2.75) is 6.54 Å². The second-order valence-electron chi connectivity index (χ2n) is 4.21. The van der Waals surface area contributed by atoms with Gasteiger partial charge >= 0.3 is 0 Å². The van der Waals surface area contributed by atoms with Gasteiger partial charge in [-0.3, -0.25) is 0 Å². The van der Waals surface area contributed by atoms with E-state index in [1.165, 1.54) is 0 Å². The fourth-order valence-electron chi connectivity index (χ4n) is 1.87. The van der Waals surface area contributed by atoms with Crippen LogP contribution in [0.1, 0.15) is 5.56 Å². The molecule has 1 aromatic heterocycles. The number of halogens is 2. The molecule has 0 unspecified atom stereocenters. The highest BCUT2D eigenvalue weighted by Crippen LogP contribution is 2.18. The van der Waals surface area contributed by atoms with Crippen molar-refractivity contribution < 1.29 is 8.78 Å². The van der Waals surface area contributed by atoms with Crippen LogP contribution in [0.25, 0.3) is 11.0 Å². The van der Waals surface area contributed by atoms with Gasteiger partial charge in [-0.25, -0.2) is 13.8 Å². The first kappa shape index (κ1) is 11.6. The van der Waals surface area contributed by atoms with E-state index in [-0.39, 0.29) is 0 Å². The number of anilines is 1. The van der Waals surface area contributed by atoms with Crippen molar-refractivity contribution >= 4 is 17.0 Å². The number of rotatable bonds is 3. The number of nitrogens with one attached hydrogen (secondary N) is 2. The van der Waals surface area contributed by atoms with Gasteiger partial charge in [0.15, 0.2) is 11.6 Å². The molecule has 1 heterocycles. The molecular formula is C14H11F2N3. The zero-order valence-corrected chi connectivity index (χ0v) is 9.95. The first-order valence-electron chi connectivity index (χ1n) is 5.85. The molecule has 0 saturated carbocycles. The summed E-state index contributed by atoms with van der Waals surface area (Å²) in [5.74, 6) is -1.29. The molecule has 5 heteroatoms. The van der Waals surface area contributed by atoms with Crippen molar-refractivity contribution in [3.63, 3.8) is 0 Å². The Morgan fingerprint density at radius 3 is 2.58 bits per heavy atom. The van der Waals surface area contributed by atoms with E-state index in [1.807, 2.05) is 30.3 Å². The van der Waals surface area contributed by atoms with Crippen molar-refractivity contribution in [3.05, 3.63) is 59.7 Å². The molecular weight excluding hydrogens is 248 g/mol. The highest BCUT2D eigenvalue weighted by molar-refractivity contribution is 5.77. The first-order valence-corrected chi connectivity index (χ1v) is 5.85. The number of H-pyrrole nitrogens is 1. The van der Waals surface area contributed by atoms with E-state index in [0.29, 0.717) is 23.5 Å². The van der Waals surface area contributed by atoms with E-state index in [2.05, 4.69) is 15.3 Å². The molecule has 3 rings (SSSR count). The standard InChI is InChI=1S/C14H11F2N3/c15-10-6-12-13(7-11(10)16)19-14(18-12)17-8-9-4-2-1-3-5-9/h1-7H,8H2,(H2,17,18,19). The third-order valence-corrected chi connectivity index (χ3v) is 2.83. The number of fused-ring (bicyclic) bond motifs is 1. The Balaban J connectivity index is 1.82. The number of hydrogen-bond donors (Lipinski definition) is 2. The Hall–Kier alpha value is -2.43. The Morgan fingerprint density at radius 2 is 1.79 bits per heavy atom. The maximum absolute atomic E-state index is 13.1. The molecule has 0 radical (unpaired) electrons. The summed E-state index contributed by atoms with van der Waals surface area (Å²) in [6.07, 6.45) is 0. The molecule has 0 atom stereocenters. The zero-order valence-electron chi connectivity index (χ0n) is 9.95. The molecule has 0 spiro atoms. The van der Waals surface area contributed by atoms with Crippen LogP contribution >= 0.6 is 0 Å². The van der Waals surface area contributed by atoms with Crippen molar-refractivity contribution in [2.75, 3.05) is 5.32 Å². The van der Waals surface area contributed by atoms with Gasteiger partial charge in [0.05, 0.1) is 11.0 Å². The molecule has 0 aliphatic carbocycles. The number of nitrogens with zero attached hydrogens (tertiary/aromatic N) is 1. The van der Waals surface area contributed by atoms with Crippen LogP contribution < -0.4 is 5.32 Å². The lowest BCUT2D eigenvalue weighted by atomic mass is 10.2. The number of imidazole rings is 1. The fraction of sp³-hybridized carbons (Fsp3) is 0.0714. The van der Waals surface area contributed by atoms with E-state index in [1.54, 1.807) is 0 Å². The summed E-state index contributed by atoms with van der Waals surface area (Å²) in [5, 5.41) is 3.08. The lowest BCUT2D eigenvalue weighted by Gasteiger charge is -2.01. The lowest BCUT2D eigenvalue weighted by molar-refractivity contribution is 0.510. The van der Waals surface area contributed by atoms with Gasteiger partial charge < -0.3 is 10.3 Å². The minimum Gasteiger partial charge on any atom is -0.352 e. The van der Waals surface area contributed by atoms with Crippen LogP contribution in [0.5, 0.6) is 0 Å². The maximum Gasteiger partial charge on any atom is 0.201 e. The molecule has 19 heavy (non-hydrogen) atoms. The largest absolute Gasteiger partial charge is 0.352 e.